The lowest BCUT2D eigenvalue weighted by atomic mass is 10.1. The van der Waals surface area contributed by atoms with E-state index < -0.39 is 24.0 Å². The van der Waals surface area contributed by atoms with E-state index in [4.69, 9.17) is 10.5 Å². The van der Waals surface area contributed by atoms with Gasteiger partial charge in [-0.25, -0.2) is 9.78 Å². The number of halogens is 3. The molecule has 3 heterocycles. The molecule has 180 valence electrons. The summed E-state index contributed by atoms with van der Waals surface area (Å²) in [7, 11) is 0. The smallest absolute Gasteiger partial charge is 0.410 e. The van der Waals surface area contributed by atoms with Crippen LogP contribution in [-0.4, -0.2) is 47.6 Å². The maximum atomic E-state index is 13.4. The Labute approximate surface area is 193 Å². The summed E-state index contributed by atoms with van der Waals surface area (Å²) < 4.78 is 50.2. The number of nitrogens with one attached hydrogen (secondary N) is 1. The predicted octanol–water partition coefficient (Wildman–Crippen LogP) is 3.82. The lowest BCUT2D eigenvalue weighted by Crippen LogP contribution is -2.36. The van der Waals surface area contributed by atoms with Crippen molar-refractivity contribution in [2.24, 2.45) is 5.73 Å². The number of anilines is 2. The van der Waals surface area contributed by atoms with Gasteiger partial charge in [-0.3, -0.25) is 0 Å². The van der Waals surface area contributed by atoms with Crippen molar-refractivity contribution in [3.05, 3.63) is 47.4 Å². The zero-order valence-corrected chi connectivity index (χ0v) is 18.5. The average molecular weight is 476 g/mol. The van der Waals surface area contributed by atoms with Gasteiger partial charge >= 0.3 is 12.3 Å². The number of aryl methyl sites for hydroxylation is 1. The number of fused-ring (bicyclic) bond motifs is 1. The second kappa shape index (κ2) is 9.29. The molecule has 9 nitrogen and oxygen atoms in total. The van der Waals surface area contributed by atoms with Gasteiger partial charge in [-0.2, -0.15) is 18.3 Å². The quantitative estimate of drug-likeness (QED) is 0.571. The summed E-state index contributed by atoms with van der Waals surface area (Å²) in [5.74, 6) is 0.0349. The van der Waals surface area contributed by atoms with Crippen LogP contribution >= 0.6 is 0 Å². The summed E-state index contributed by atoms with van der Waals surface area (Å²) in [4.78, 5) is 17.0. The number of aromatic nitrogens is 3. The first-order valence-corrected chi connectivity index (χ1v) is 10.5. The third kappa shape index (κ3) is 5.11. The summed E-state index contributed by atoms with van der Waals surface area (Å²) >= 11 is 0. The summed E-state index contributed by atoms with van der Waals surface area (Å²) in [6, 6.07) is 7.03. The molecule has 0 spiro atoms. The molecule has 1 fully saturated rings. The number of rotatable bonds is 5. The lowest BCUT2D eigenvalue weighted by Gasteiger charge is -2.29. The van der Waals surface area contributed by atoms with Gasteiger partial charge in [-0.05, 0) is 26.0 Å². The van der Waals surface area contributed by atoms with Gasteiger partial charge in [-0.1, -0.05) is 6.07 Å². The minimum absolute atomic E-state index is 0.00839. The highest BCUT2D eigenvalue weighted by molar-refractivity contribution is 5.95. The third-order valence-corrected chi connectivity index (χ3v) is 5.45. The molecule has 34 heavy (non-hydrogen) atoms. The van der Waals surface area contributed by atoms with E-state index in [1.54, 1.807) is 6.92 Å². The fourth-order valence-electron chi connectivity index (χ4n) is 3.75. The Balaban J connectivity index is 1.70. The predicted molar refractivity (Wildman–Crippen MR) is 119 cm³/mol. The number of hydrogen-bond donors (Lipinski definition) is 2. The van der Waals surface area contributed by atoms with Crippen LogP contribution in [0.1, 0.15) is 30.0 Å². The van der Waals surface area contributed by atoms with Gasteiger partial charge in [0.05, 0.1) is 30.6 Å². The number of pyridine rings is 1. The van der Waals surface area contributed by atoms with Crippen molar-refractivity contribution in [3.8, 4) is 5.75 Å². The number of alkyl halides is 3. The molecule has 1 saturated heterocycles. The second-order valence-electron chi connectivity index (χ2n) is 7.86. The Bertz CT molecular complexity index is 1210. The van der Waals surface area contributed by atoms with Crippen LogP contribution < -0.4 is 20.7 Å². The summed E-state index contributed by atoms with van der Waals surface area (Å²) in [5, 5.41) is 13.1. The van der Waals surface area contributed by atoms with Crippen LogP contribution in [0.25, 0.3) is 10.8 Å². The van der Waals surface area contributed by atoms with Crippen LogP contribution in [0.3, 0.4) is 0 Å². The first-order chi connectivity index (χ1) is 16.1. The molecule has 0 saturated carbocycles. The monoisotopic (exact) mass is 476 g/mol. The van der Waals surface area contributed by atoms with E-state index in [0.717, 1.165) is 35.2 Å². The molecule has 1 amide bonds. The molecular formula is C22H23F3N6O3. The Morgan fingerprint density at radius 3 is 2.59 bits per heavy atom. The van der Waals surface area contributed by atoms with Gasteiger partial charge in [0, 0.05) is 41.7 Å². The zero-order chi connectivity index (χ0) is 24.5. The topological polar surface area (TPSA) is 115 Å². The molecule has 1 aliphatic rings. The fourth-order valence-corrected chi connectivity index (χ4v) is 3.75. The number of carbonyl (C=O) groups excluding carboxylic acids is 1. The van der Waals surface area contributed by atoms with Gasteiger partial charge in [0.1, 0.15) is 11.4 Å². The Morgan fingerprint density at radius 2 is 1.91 bits per heavy atom. The SMILES string of the molecule is Cc1nnc(NC(C)c2cc(OC(N)=O)cc(C(F)(F)F)n2)c2cc(N3CCOCC3)ccc12. The Morgan fingerprint density at radius 1 is 1.18 bits per heavy atom. The molecular weight excluding hydrogens is 453 g/mol. The number of benzene rings is 1. The van der Waals surface area contributed by atoms with E-state index in [0.29, 0.717) is 25.1 Å². The highest BCUT2D eigenvalue weighted by Crippen LogP contribution is 2.34. The standard InChI is InChI=1S/C22H23F3N6O3/c1-12-16-4-3-14(31-5-7-33-8-6-31)9-17(16)20(30-29-12)27-13(2)18-10-15(34-21(26)32)11-19(28-18)22(23,24)25/h3-4,9-11,13H,5-8H2,1-2H3,(H2,26,32)(H,27,30). The highest BCUT2D eigenvalue weighted by atomic mass is 19.4. The van der Waals surface area contributed by atoms with E-state index in [-0.39, 0.29) is 11.4 Å². The van der Waals surface area contributed by atoms with Crippen LogP contribution in [0.5, 0.6) is 5.75 Å². The molecule has 1 unspecified atom stereocenters. The van der Waals surface area contributed by atoms with Crippen molar-refractivity contribution in [2.75, 3.05) is 36.5 Å². The Hall–Kier alpha value is -3.67. The lowest BCUT2D eigenvalue weighted by molar-refractivity contribution is -0.141. The normalized spacial score (nSPS) is 15.3. The first-order valence-electron chi connectivity index (χ1n) is 10.5. The summed E-state index contributed by atoms with van der Waals surface area (Å²) in [6.07, 6.45) is -5.97. The summed E-state index contributed by atoms with van der Waals surface area (Å²) in [6.45, 7) is 6.21. The molecule has 12 heteroatoms. The van der Waals surface area contributed by atoms with Crippen LogP contribution in [0.15, 0.2) is 30.3 Å². The van der Waals surface area contributed by atoms with Crippen molar-refractivity contribution in [2.45, 2.75) is 26.1 Å². The molecule has 1 atom stereocenters. The van der Waals surface area contributed by atoms with Crippen molar-refractivity contribution in [3.63, 3.8) is 0 Å². The number of carbonyl (C=O) groups is 1. The van der Waals surface area contributed by atoms with Crippen LogP contribution in [0, 0.1) is 6.92 Å². The summed E-state index contributed by atoms with van der Waals surface area (Å²) in [5.41, 5.74) is 5.46. The van der Waals surface area contributed by atoms with E-state index in [1.165, 1.54) is 6.07 Å². The molecule has 1 aliphatic heterocycles. The van der Waals surface area contributed by atoms with Gasteiger partial charge in [0.25, 0.3) is 0 Å². The maximum Gasteiger partial charge on any atom is 0.433 e. The van der Waals surface area contributed by atoms with Crippen LogP contribution in [0.2, 0.25) is 0 Å². The van der Waals surface area contributed by atoms with E-state index in [9.17, 15) is 18.0 Å². The van der Waals surface area contributed by atoms with Crippen molar-refractivity contribution in [1.29, 1.82) is 0 Å². The number of nitrogens with zero attached hydrogens (tertiary/aromatic N) is 4. The molecule has 4 rings (SSSR count). The number of hydrogen-bond acceptors (Lipinski definition) is 8. The van der Waals surface area contributed by atoms with Gasteiger partial charge in [0.15, 0.2) is 5.82 Å². The number of amides is 1. The molecule has 0 radical (unpaired) electrons. The second-order valence-corrected chi connectivity index (χ2v) is 7.86. The van der Waals surface area contributed by atoms with Gasteiger partial charge in [-0.15, -0.1) is 5.10 Å². The van der Waals surface area contributed by atoms with E-state index >= 15 is 0 Å². The third-order valence-electron chi connectivity index (χ3n) is 5.45. The zero-order valence-electron chi connectivity index (χ0n) is 18.5. The average Bonchev–Trinajstić information content (AvgIpc) is 2.80. The minimum atomic E-state index is -4.74. The number of morpholine rings is 1. The van der Waals surface area contributed by atoms with Gasteiger partial charge in [0.2, 0.25) is 0 Å². The Kier molecular flexibility index (Phi) is 6.42. The van der Waals surface area contributed by atoms with Crippen molar-refractivity contribution >= 4 is 28.4 Å². The van der Waals surface area contributed by atoms with E-state index in [2.05, 4.69) is 30.1 Å². The van der Waals surface area contributed by atoms with Gasteiger partial charge < -0.3 is 25.4 Å². The minimum Gasteiger partial charge on any atom is -0.410 e. The largest absolute Gasteiger partial charge is 0.433 e. The molecule has 3 aromatic rings. The number of nitrogens with two attached hydrogens (primary N) is 1. The van der Waals surface area contributed by atoms with E-state index in [1.807, 2.05) is 25.1 Å². The molecule has 3 N–H and O–H groups in total. The van der Waals surface area contributed by atoms with Crippen molar-refractivity contribution < 1.29 is 27.4 Å². The number of primary amides is 1. The van der Waals surface area contributed by atoms with Crippen LogP contribution in [0.4, 0.5) is 29.5 Å². The first kappa shape index (κ1) is 23.5. The van der Waals surface area contributed by atoms with Crippen molar-refractivity contribution in [1.82, 2.24) is 15.2 Å². The molecule has 1 aromatic carbocycles. The molecule has 0 aliphatic carbocycles. The van der Waals surface area contributed by atoms with Crippen LogP contribution in [-0.2, 0) is 10.9 Å². The molecule has 0 bridgehead atoms. The highest BCUT2D eigenvalue weighted by Gasteiger charge is 2.34. The fraction of sp³-hybridized carbons (Fsp3) is 0.364. The maximum absolute atomic E-state index is 13.4. The molecule has 2 aromatic heterocycles. The number of ether oxygens (including phenoxy) is 2.